The minimum Gasteiger partial charge on any atom is -0.508 e. The number of phenols is 1. The number of methoxy groups -OCH3 is 1. The number of likely N-dealkylation sites (tertiary alicyclic amines) is 1. The zero-order chi connectivity index (χ0) is 15.9. The highest BCUT2D eigenvalue weighted by molar-refractivity contribution is 14.0. The van der Waals surface area contributed by atoms with E-state index >= 15 is 0 Å². The Morgan fingerprint density at radius 3 is 2.70 bits per heavy atom. The van der Waals surface area contributed by atoms with Crippen molar-refractivity contribution < 1.29 is 14.9 Å². The van der Waals surface area contributed by atoms with Gasteiger partial charge >= 0.3 is 0 Å². The molecule has 0 radical (unpaired) electrons. The minimum absolute atomic E-state index is 0. The second kappa shape index (κ2) is 9.82. The van der Waals surface area contributed by atoms with Crippen LogP contribution in [0.25, 0.3) is 0 Å². The molecule has 130 valence electrons. The first-order chi connectivity index (χ1) is 10.6. The van der Waals surface area contributed by atoms with Crippen molar-refractivity contribution in [3.8, 4) is 11.5 Å². The molecule has 3 N–H and O–H groups in total. The predicted molar refractivity (Wildman–Crippen MR) is 102 cm³/mol. The number of hydrogen-bond donors (Lipinski definition) is 3. The van der Waals surface area contributed by atoms with Crippen molar-refractivity contribution in [3.05, 3.63) is 23.8 Å². The Balaban J connectivity index is 0.00000264. The monoisotopic (exact) mass is 435 g/mol. The van der Waals surface area contributed by atoms with E-state index in [2.05, 4.69) is 15.2 Å². The Morgan fingerprint density at radius 1 is 1.39 bits per heavy atom. The maximum absolute atomic E-state index is 9.93. The van der Waals surface area contributed by atoms with Gasteiger partial charge in [-0.3, -0.25) is 0 Å². The number of ether oxygens (including phenoxy) is 1. The summed E-state index contributed by atoms with van der Waals surface area (Å²) in [6.45, 7) is 4.76. The second-order valence-electron chi connectivity index (χ2n) is 5.38. The van der Waals surface area contributed by atoms with E-state index in [9.17, 15) is 10.2 Å². The quantitative estimate of drug-likeness (QED) is 0.383. The molecule has 0 unspecified atom stereocenters. The zero-order valence-corrected chi connectivity index (χ0v) is 16.0. The maximum atomic E-state index is 9.93. The lowest BCUT2D eigenvalue weighted by Gasteiger charge is -2.32. The Bertz CT molecular complexity index is 517. The number of nitrogens with one attached hydrogen (secondary N) is 1. The number of rotatable bonds is 4. The molecular formula is C16H26IN3O3. The van der Waals surface area contributed by atoms with Gasteiger partial charge in [0.2, 0.25) is 0 Å². The molecule has 0 bridgehead atoms. The van der Waals surface area contributed by atoms with Crippen molar-refractivity contribution in [3.63, 3.8) is 0 Å². The van der Waals surface area contributed by atoms with E-state index in [4.69, 9.17) is 4.74 Å². The van der Waals surface area contributed by atoms with Gasteiger partial charge in [-0.05, 0) is 38.0 Å². The molecular weight excluding hydrogens is 409 g/mol. The molecule has 0 saturated carbocycles. The van der Waals surface area contributed by atoms with Crippen LogP contribution in [0.2, 0.25) is 0 Å². The molecule has 23 heavy (non-hydrogen) atoms. The maximum Gasteiger partial charge on any atom is 0.194 e. The number of guanidine groups is 1. The first-order valence-corrected chi connectivity index (χ1v) is 7.71. The molecule has 6 nitrogen and oxygen atoms in total. The highest BCUT2D eigenvalue weighted by atomic mass is 127. The average Bonchev–Trinajstić information content (AvgIpc) is 2.53. The number of halogens is 1. The van der Waals surface area contributed by atoms with Crippen LogP contribution in [0, 0.1) is 0 Å². The van der Waals surface area contributed by atoms with Crippen molar-refractivity contribution in [1.82, 2.24) is 10.2 Å². The molecule has 1 aromatic carbocycles. The number of piperidine rings is 1. The Hall–Kier alpha value is -1.22. The van der Waals surface area contributed by atoms with Crippen molar-refractivity contribution in [2.24, 2.45) is 4.99 Å². The Kier molecular flexibility index (Phi) is 8.46. The fourth-order valence-electron chi connectivity index (χ4n) is 2.48. The van der Waals surface area contributed by atoms with Gasteiger partial charge < -0.3 is 25.2 Å². The smallest absolute Gasteiger partial charge is 0.194 e. The summed E-state index contributed by atoms with van der Waals surface area (Å²) < 4.78 is 5.18. The molecule has 1 heterocycles. The number of aliphatic hydroxyl groups is 1. The number of aromatic hydroxyl groups is 1. The number of benzene rings is 1. The van der Waals surface area contributed by atoms with E-state index in [0.29, 0.717) is 12.3 Å². The van der Waals surface area contributed by atoms with Crippen LogP contribution in [0.15, 0.2) is 23.2 Å². The lowest BCUT2D eigenvalue weighted by molar-refractivity contribution is 0.108. The van der Waals surface area contributed by atoms with Crippen LogP contribution in [0.1, 0.15) is 25.3 Å². The highest BCUT2D eigenvalue weighted by Gasteiger charge is 2.19. The van der Waals surface area contributed by atoms with Crippen LogP contribution in [0.4, 0.5) is 0 Å². The summed E-state index contributed by atoms with van der Waals surface area (Å²) in [4.78, 5) is 6.75. The third kappa shape index (κ3) is 5.72. The van der Waals surface area contributed by atoms with E-state index in [-0.39, 0.29) is 35.8 Å². The normalized spacial score (nSPS) is 16.0. The van der Waals surface area contributed by atoms with Gasteiger partial charge in [0.05, 0.1) is 19.8 Å². The van der Waals surface area contributed by atoms with Crippen LogP contribution >= 0.6 is 24.0 Å². The van der Waals surface area contributed by atoms with E-state index in [1.165, 1.54) is 0 Å². The third-order valence-electron chi connectivity index (χ3n) is 3.78. The lowest BCUT2D eigenvalue weighted by Crippen LogP contribution is -2.46. The number of phenolic OH excluding ortho intramolecular Hbond substituents is 1. The summed E-state index contributed by atoms with van der Waals surface area (Å²) in [6.07, 6.45) is 1.31. The first-order valence-electron chi connectivity index (χ1n) is 7.71. The second-order valence-corrected chi connectivity index (χ2v) is 5.38. The lowest BCUT2D eigenvalue weighted by atomic mass is 10.1. The molecule has 1 aliphatic heterocycles. The van der Waals surface area contributed by atoms with Crippen molar-refractivity contribution >= 4 is 29.9 Å². The van der Waals surface area contributed by atoms with Crippen LogP contribution < -0.4 is 10.1 Å². The summed E-state index contributed by atoms with van der Waals surface area (Å²) >= 11 is 0. The largest absolute Gasteiger partial charge is 0.508 e. The average molecular weight is 435 g/mol. The van der Waals surface area contributed by atoms with Crippen molar-refractivity contribution in [1.29, 1.82) is 0 Å². The summed E-state index contributed by atoms with van der Waals surface area (Å²) in [7, 11) is 1.60. The van der Waals surface area contributed by atoms with Crippen LogP contribution in [-0.2, 0) is 6.54 Å². The summed E-state index contributed by atoms with van der Waals surface area (Å²) in [5.41, 5.74) is 0.729. The molecule has 1 aromatic rings. The van der Waals surface area contributed by atoms with Crippen LogP contribution in [-0.4, -0.2) is 53.9 Å². The van der Waals surface area contributed by atoms with Crippen LogP contribution in [0.5, 0.6) is 11.5 Å². The molecule has 0 aliphatic carbocycles. The fraction of sp³-hybridized carbons (Fsp3) is 0.562. The zero-order valence-electron chi connectivity index (χ0n) is 13.7. The highest BCUT2D eigenvalue weighted by Crippen LogP contribution is 2.23. The van der Waals surface area contributed by atoms with Gasteiger partial charge in [0, 0.05) is 25.2 Å². The van der Waals surface area contributed by atoms with Gasteiger partial charge in [-0.1, -0.05) is 0 Å². The molecule has 1 fully saturated rings. The molecule has 0 atom stereocenters. The summed E-state index contributed by atoms with van der Waals surface area (Å²) in [5.74, 6) is 1.74. The fourth-order valence-corrected chi connectivity index (χ4v) is 2.48. The standard InChI is InChI=1S/C16H25N3O3.HI/c1-3-17-16(19-8-6-13(20)7-9-19)18-11-12-10-14(22-2)4-5-15(12)21;/h4-5,10,13,20-21H,3,6-9,11H2,1-2H3,(H,17,18);1H. The van der Waals surface area contributed by atoms with Gasteiger partial charge in [0.15, 0.2) is 5.96 Å². The van der Waals surface area contributed by atoms with Gasteiger partial charge in [0.25, 0.3) is 0 Å². The minimum atomic E-state index is -0.207. The molecule has 2 rings (SSSR count). The molecule has 0 spiro atoms. The van der Waals surface area contributed by atoms with Gasteiger partial charge in [-0.25, -0.2) is 4.99 Å². The van der Waals surface area contributed by atoms with Crippen molar-refractivity contribution in [2.75, 3.05) is 26.7 Å². The van der Waals surface area contributed by atoms with E-state index in [1.807, 2.05) is 6.92 Å². The molecule has 0 amide bonds. The van der Waals surface area contributed by atoms with E-state index < -0.39 is 0 Å². The molecule has 1 saturated heterocycles. The molecule has 7 heteroatoms. The molecule has 0 aromatic heterocycles. The number of hydrogen-bond acceptors (Lipinski definition) is 4. The topological polar surface area (TPSA) is 77.3 Å². The SMILES string of the molecule is CCNC(=NCc1cc(OC)ccc1O)N1CCC(O)CC1.I. The van der Waals surface area contributed by atoms with Crippen LogP contribution in [0.3, 0.4) is 0 Å². The number of aliphatic hydroxyl groups excluding tert-OH is 1. The van der Waals surface area contributed by atoms with E-state index in [0.717, 1.165) is 44.0 Å². The van der Waals surface area contributed by atoms with Gasteiger partial charge in [-0.2, -0.15) is 0 Å². The van der Waals surface area contributed by atoms with Gasteiger partial charge in [0.1, 0.15) is 11.5 Å². The number of nitrogens with zero attached hydrogens (tertiary/aromatic N) is 2. The first kappa shape index (κ1) is 19.8. The third-order valence-corrected chi connectivity index (χ3v) is 3.78. The number of aliphatic imine (C=N–C) groups is 1. The summed E-state index contributed by atoms with van der Waals surface area (Å²) in [6, 6.07) is 5.13. The Labute approximate surface area is 154 Å². The summed E-state index contributed by atoms with van der Waals surface area (Å²) in [5, 5.41) is 22.8. The molecule has 1 aliphatic rings. The van der Waals surface area contributed by atoms with E-state index in [1.54, 1.807) is 25.3 Å². The van der Waals surface area contributed by atoms with Crippen molar-refractivity contribution in [2.45, 2.75) is 32.4 Å². The predicted octanol–water partition coefficient (Wildman–Crippen LogP) is 1.94. The van der Waals surface area contributed by atoms with Gasteiger partial charge in [-0.15, -0.1) is 24.0 Å². The Morgan fingerprint density at radius 2 is 2.09 bits per heavy atom.